The molecule has 0 aliphatic rings. The average Bonchev–Trinajstić information content (AvgIpc) is 1.82. The van der Waals surface area contributed by atoms with Gasteiger partial charge in [-0.05, 0) is 0 Å². The minimum absolute atomic E-state index is 0.296. The molecule has 7 nitrogen and oxygen atoms in total. The van der Waals surface area contributed by atoms with Crippen molar-refractivity contribution in [2.75, 3.05) is 0 Å². The number of aliphatic carboxylic acids is 2. The summed E-state index contributed by atoms with van der Waals surface area (Å²) in [5, 5.41) is 21.9. The molecule has 0 amide bonds. The van der Waals surface area contributed by atoms with Crippen LogP contribution in [-0.2, 0) is 9.59 Å². The summed E-state index contributed by atoms with van der Waals surface area (Å²) >= 11 is 0. The van der Waals surface area contributed by atoms with Crippen molar-refractivity contribution in [3.05, 3.63) is 0 Å². The second-order valence-electron chi connectivity index (χ2n) is 1.74. The molecular weight excluding hydrogens is 166 g/mol. The number of hydrogen-bond donors (Lipinski definition) is 5. The molecule has 70 valence electrons. The van der Waals surface area contributed by atoms with Crippen molar-refractivity contribution in [1.29, 1.82) is 5.41 Å². The molecule has 0 bridgehead atoms. The fraction of sp³-hybridized carbons (Fsp3) is 0.400. The van der Waals surface area contributed by atoms with E-state index in [2.05, 4.69) is 11.5 Å². The van der Waals surface area contributed by atoms with E-state index in [-0.39, 0.29) is 18.8 Å². The average molecular weight is 177 g/mol. The Hall–Kier alpha value is -1.79. The SMILES string of the molecule is N=C(N)N.O=C(O)CCC(=O)O. The van der Waals surface area contributed by atoms with Gasteiger partial charge in [-0.2, -0.15) is 0 Å². The Bertz CT molecular complexity index is 162. The van der Waals surface area contributed by atoms with Crippen LogP contribution in [0.4, 0.5) is 0 Å². The first-order chi connectivity index (χ1) is 5.36. The van der Waals surface area contributed by atoms with Gasteiger partial charge in [0.25, 0.3) is 0 Å². The smallest absolute Gasteiger partial charge is 0.303 e. The van der Waals surface area contributed by atoms with Gasteiger partial charge >= 0.3 is 11.9 Å². The molecule has 0 aliphatic carbocycles. The molecule has 0 aromatic carbocycles. The number of carbonyl (C=O) groups is 2. The summed E-state index contributed by atoms with van der Waals surface area (Å²) in [4.78, 5) is 19.3. The topological polar surface area (TPSA) is 150 Å². The maximum absolute atomic E-state index is 9.64. The lowest BCUT2D eigenvalue weighted by Gasteiger charge is -1.85. The van der Waals surface area contributed by atoms with Gasteiger partial charge in [-0.1, -0.05) is 0 Å². The molecule has 0 aromatic heterocycles. The Morgan fingerprint density at radius 3 is 1.33 bits per heavy atom. The quantitative estimate of drug-likeness (QED) is 0.269. The van der Waals surface area contributed by atoms with Gasteiger partial charge in [0.2, 0.25) is 0 Å². The third kappa shape index (κ3) is 41.4. The van der Waals surface area contributed by atoms with E-state index in [0.717, 1.165) is 0 Å². The molecule has 7 N–H and O–H groups in total. The van der Waals surface area contributed by atoms with Gasteiger partial charge < -0.3 is 21.7 Å². The Balaban J connectivity index is 0. The molecule has 0 aromatic rings. The van der Waals surface area contributed by atoms with Crippen molar-refractivity contribution < 1.29 is 19.8 Å². The van der Waals surface area contributed by atoms with E-state index in [1.165, 1.54) is 0 Å². The van der Waals surface area contributed by atoms with Crippen molar-refractivity contribution >= 4 is 17.9 Å². The zero-order valence-corrected chi connectivity index (χ0v) is 6.28. The van der Waals surface area contributed by atoms with Crippen LogP contribution in [0.5, 0.6) is 0 Å². The first-order valence-electron chi connectivity index (χ1n) is 2.89. The summed E-state index contributed by atoms with van der Waals surface area (Å²) in [6.07, 6.45) is -0.593. The van der Waals surface area contributed by atoms with E-state index in [1.807, 2.05) is 0 Å². The zero-order chi connectivity index (χ0) is 10.1. The molecule has 0 atom stereocenters. The lowest BCUT2D eigenvalue weighted by Crippen LogP contribution is -2.20. The zero-order valence-electron chi connectivity index (χ0n) is 6.28. The number of carboxylic acids is 2. The van der Waals surface area contributed by atoms with Gasteiger partial charge in [0, 0.05) is 0 Å². The molecule has 0 aliphatic heterocycles. The van der Waals surface area contributed by atoms with E-state index in [4.69, 9.17) is 15.6 Å². The number of carboxylic acid groups (broad SMARTS) is 2. The van der Waals surface area contributed by atoms with Crippen LogP contribution in [0.3, 0.4) is 0 Å². The van der Waals surface area contributed by atoms with Crippen molar-refractivity contribution in [3.8, 4) is 0 Å². The summed E-state index contributed by atoms with van der Waals surface area (Å²) in [5.74, 6) is -2.49. The first kappa shape index (κ1) is 12.8. The lowest BCUT2D eigenvalue weighted by atomic mass is 10.3. The number of guanidine groups is 1. The number of rotatable bonds is 3. The monoisotopic (exact) mass is 177 g/mol. The van der Waals surface area contributed by atoms with Gasteiger partial charge in [-0.3, -0.25) is 15.0 Å². The molecule has 0 unspecified atom stereocenters. The van der Waals surface area contributed by atoms with Crippen LogP contribution in [0, 0.1) is 5.41 Å². The van der Waals surface area contributed by atoms with Crippen LogP contribution in [0.1, 0.15) is 12.8 Å². The maximum atomic E-state index is 9.64. The van der Waals surface area contributed by atoms with Crippen LogP contribution < -0.4 is 11.5 Å². The van der Waals surface area contributed by atoms with Crippen LogP contribution >= 0.6 is 0 Å². The van der Waals surface area contributed by atoms with Crippen molar-refractivity contribution in [2.45, 2.75) is 12.8 Å². The molecule has 0 heterocycles. The summed E-state index contributed by atoms with van der Waals surface area (Å²) in [7, 11) is 0. The second kappa shape index (κ2) is 7.32. The van der Waals surface area contributed by atoms with Gasteiger partial charge in [0.15, 0.2) is 5.96 Å². The highest BCUT2D eigenvalue weighted by Crippen LogP contribution is 1.85. The largest absolute Gasteiger partial charge is 0.481 e. The Labute approximate surface area is 68.5 Å². The fourth-order valence-corrected chi connectivity index (χ4v) is 0.214. The van der Waals surface area contributed by atoms with E-state index >= 15 is 0 Å². The summed E-state index contributed by atoms with van der Waals surface area (Å²) in [6, 6.07) is 0. The highest BCUT2D eigenvalue weighted by molar-refractivity contribution is 5.75. The lowest BCUT2D eigenvalue weighted by molar-refractivity contribution is -0.143. The second-order valence-corrected chi connectivity index (χ2v) is 1.74. The van der Waals surface area contributed by atoms with Crippen molar-refractivity contribution in [2.24, 2.45) is 11.5 Å². The molecule has 0 radical (unpaired) electrons. The van der Waals surface area contributed by atoms with Crippen LogP contribution in [0.25, 0.3) is 0 Å². The minimum Gasteiger partial charge on any atom is -0.481 e. The molecule has 7 heteroatoms. The van der Waals surface area contributed by atoms with Gasteiger partial charge in [0.1, 0.15) is 0 Å². The normalized spacial score (nSPS) is 7.67. The summed E-state index contributed by atoms with van der Waals surface area (Å²) in [6.45, 7) is 0. The predicted octanol–water partition coefficient (Wildman–Crippen LogP) is -1.23. The fourth-order valence-electron chi connectivity index (χ4n) is 0.214. The molecule has 0 saturated heterocycles. The van der Waals surface area contributed by atoms with E-state index in [0.29, 0.717) is 0 Å². The molecule has 0 spiro atoms. The van der Waals surface area contributed by atoms with Crippen LogP contribution in [0.2, 0.25) is 0 Å². The van der Waals surface area contributed by atoms with Crippen LogP contribution in [0.15, 0.2) is 0 Å². The van der Waals surface area contributed by atoms with Crippen molar-refractivity contribution in [3.63, 3.8) is 0 Å². The van der Waals surface area contributed by atoms with Gasteiger partial charge in [-0.25, -0.2) is 0 Å². The Morgan fingerprint density at radius 1 is 1.08 bits per heavy atom. The third-order valence-electron chi connectivity index (χ3n) is 0.553. The molecule has 0 rings (SSSR count). The molecular formula is C5H11N3O4. The highest BCUT2D eigenvalue weighted by Gasteiger charge is 2.00. The highest BCUT2D eigenvalue weighted by atomic mass is 16.4. The molecule has 0 fully saturated rings. The summed E-state index contributed by atoms with van der Waals surface area (Å²) in [5.41, 5.74) is 8.94. The standard InChI is InChI=1S/C4H6O4.CH5N3/c5-3(6)1-2-4(7)8;2-1(3)4/h1-2H2,(H,5,6)(H,7,8);(H5,2,3,4). The van der Waals surface area contributed by atoms with Crippen LogP contribution in [-0.4, -0.2) is 28.1 Å². The number of nitrogens with two attached hydrogens (primary N) is 2. The number of nitrogens with one attached hydrogen (secondary N) is 1. The van der Waals surface area contributed by atoms with E-state index < -0.39 is 11.9 Å². The van der Waals surface area contributed by atoms with E-state index in [9.17, 15) is 9.59 Å². The van der Waals surface area contributed by atoms with Gasteiger partial charge in [-0.15, -0.1) is 0 Å². The van der Waals surface area contributed by atoms with Crippen molar-refractivity contribution in [1.82, 2.24) is 0 Å². The predicted molar refractivity (Wildman–Crippen MR) is 40.6 cm³/mol. The third-order valence-corrected chi connectivity index (χ3v) is 0.553. The maximum Gasteiger partial charge on any atom is 0.303 e. The van der Waals surface area contributed by atoms with E-state index in [1.54, 1.807) is 0 Å². The van der Waals surface area contributed by atoms with Gasteiger partial charge in [0.05, 0.1) is 12.8 Å². The molecule has 0 saturated carbocycles. The number of hydrogen-bond acceptors (Lipinski definition) is 3. The Morgan fingerprint density at radius 2 is 1.25 bits per heavy atom. The molecule has 12 heavy (non-hydrogen) atoms. The first-order valence-corrected chi connectivity index (χ1v) is 2.89. The Kier molecular flexibility index (Phi) is 7.84. The summed E-state index contributed by atoms with van der Waals surface area (Å²) < 4.78 is 0. The minimum atomic E-state index is -1.08.